The molecular weight excluding hydrogens is 260 g/mol. The number of benzene rings is 1. The first kappa shape index (κ1) is 13.4. The highest BCUT2D eigenvalue weighted by Crippen LogP contribution is 2.37. The number of hydrogen-bond acceptors (Lipinski definition) is 3. The van der Waals surface area contributed by atoms with E-state index in [4.69, 9.17) is 10.2 Å². The summed E-state index contributed by atoms with van der Waals surface area (Å²) in [6, 6.07) is 8.79. The van der Waals surface area contributed by atoms with Crippen LogP contribution in [0, 0.1) is 18.8 Å². The molecule has 2 heterocycles. The second-order valence-electron chi connectivity index (χ2n) is 6.85. The van der Waals surface area contributed by atoms with Gasteiger partial charge in [-0.25, -0.2) is 0 Å². The van der Waals surface area contributed by atoms with Gasteiger partial charge >= 0.3 is 0 Å². The SMILES string of the molecule is Cc1oc2ccccc2c1CN1CC2CCCC(N)C2C1. The molecule has 0 radical (unpaired) electrons. The van der Waals surface area contributed by atoms with E-state index < -0.39 is 0 Å². The van der Waals surface area contributed by atoms with E-state index in [1.165, 1.54) is 36.8 Å². The zero-order valence-corrected chi connectivity index (χ0v) is 12.7. The van der Waals surface area contributed by atoms with Crippen LogP contribution in [0.5, 0.6) is 0 Å². The number of fused-ring (bicyclic) bond motifs is 2. The van der Waals surface area contributed by atoms with Crippen LogP contribution in [0.2, 0.25) is 0 Å². The van der Waals surface area contributed by atoms with Crippen LogP contribution in [0.25, 0.3) is 11.0 Å². The van der Waals surface area contributed by atoms with Gasteiger partial charge in [0, 0.05) is 36.6 Å². The number of nitrogens with zero attached hydrogens (tertiary/aromatic N) is 1. The van der Waals surface area contributed by atoms with Crippen LogP contribution < -0.4 is 5.73 Å². The molecule has 0 bridgehead atoms. The van der Waals surface area contributed by atoms with Gasteiger partial charge in [-0.1, -0.05) is 24.6 Å². The molecule has 0 spiro atoms. The summed E-state index contributed by atoms with van der Waals surface area (Å²) in [6.45, 7) is 5.45. The second-order valence-corrected chi connectivity index (χ2v) is 6.85. The Morgan fingerprint density at radius 2 is 2.10 bits per heavy atom. The fourth-order valence-electron chi connectivity index (χ4n) is 4.38. The lowest BCUT2D eigenvalue weighted by Crippen LogP contribution is -2.38. The van der Waals surface area contributed by atoms with E-state index in [1.807, 2.05) is 6.07 Å². The Kier molecular flexibility index (Phi) is 3.27. The Labute approximate surface area is 126 Å². The third kappa shape index (κ3) is 2.29. The molecule has 2 aliphatic rings. The van der Waals surface area contributed by atoms with E-state index in [9.17, 15) is 0 Å². The molecule has 3 atom stereocenters. The highest BCUT2D eigenvalue weighted by Gasteiger charge is 2.38. The molecular formula is C18H24N2O. The van der Waals surface area contributed by atoms with E-state index in [1.54, 1.807) is 0 Å². The Morgan fingerprint density at radius 3 is 2.95 bits per heavy atom. The van der Waals surface area contributed by atoms with E-state index in [0.29, 0.717) is 12.0 Å². The molecule has 3 heteroatoms. The van der Waals surface area contributed by atoms with Gasteiger partial charge in [0.15, 0.2) is 0 Å². The number of hydrogen-bond donors (Lipinski definition) is 1. The third-order valence-corrected chi connectivity index (χ3v) is 5.51. The molecule has 1 saturated heterocycles. The summed E-state index contributed by atoms with van der Waals surface area (Å²) in [5.41, 5.74) is 8.70. The largest absolute Gasteiger partial charge is 0.461 e. The standard InChI is InChI=1S/C18H24N2O/c1-12-15(14-6-2-3-8-18(14)21-12)10-20-9-13-5-4-7-17(19)16(13)11-20/h2-3,6,8,13,16-17H,4-5,7,9-11,19H2,1H3. The zero-order valence-electron chi connectivity index (χ0n) is 12.7. The first-order valence-electron chi connectivity index (χ1n) is 8.17. The van der Waals surface area contributed by atoms with Gasteiger partial charge in [0.05, 0.1) is 0 Å². The minimum absolute atomic E-state index is 0.413. The summed E-state index contributed by atoms with van der Waals surface area (Å²) in [6.07, 6.45) is 3.88. The van der Waals surface area contributed by atoms with Gasteiger partial charge < -0.3 is 10.2 Å². The molecule has 2 N–H and O–H groups in total. The highest BCUT2D eigenvalue weighted by atomic mass is 16.3. The van der Waals surface area contributed by atoms with Gasteiger partial charge in [-0.15, -0.1) is 0 Å². The number of rotatable bonds is 2. The lowest BCUT2D eigenvalue weighted by atomic mass is 9.78. The summed E-state index contributed by atoms with van der Waals surface area (Å²) >= 11 is 0. The lowest BCUT2D eigenvalue weighted by molar-refractivity contribution is 0.259. The summed E-state index contributed by atoms with van der Waals surface area (Å²) < 4.78 is 5.90. The Morgan fingerprint density at radius 1 is 1.24 bits per heavy atom. The van der Waals surface area contributed by atoms with Crippen molar-refractivity contribution in [3.05, 3.63) is 35.6 Å². The zero-order chi connectivity index (χ0) is 14.4. The molecule has 1 saturated carbocycles. The van der Waals surface area contributed by atoms with Crippen molar-refractivity contribution in [3.63, 3.8) is 0 Å². The molecule has 1 aliphatic carbocycles. The van der Waals surface area contributed by atoms with Crippen molar-refractivity contribution in [2.45, 2.75) is 38.8 Å². The number of nitrogens with two attached hydrogens (primary N) is 1. The highest BCUT2D eigenvalue weighted by molar-refractivity contribution is 5.82. The van der Waals surface area contributed by atoms with Gasteiger partial charge in [-0.3, -0.25) is 4.90 Å². The number of para-hydroxylation sites is 1. The smallest absolute Gasteiger partial charge is 0.134 e. The summed E-state index contributed by atoms with van der Waals surface area (Å²) in [5, 5.41) is 1.27. The maximum atomic E-state index is 6.33. The van der Waals surface area contributed by atoms with Gasteiger partial charge in [-0.05, 0) is 37.7 Å². The third-order valence-electron chi connectivity index (χ3n) is 5.51. The van der Waals surface area contributed by atoms with Crippen molar-refractivity contribution in [1.82, 2.24) is 4.90 Å². The molecule has 1 aromatic carbocycles. The van der Waals surface area contributed by atoms with Crippen molar-refractivity contribution in [3.8, 4) is 0 Å². The van der Waals surface area contributed by atoms with Crippen molar-refractivity contribution < 1.29 is 4.42 Å². The van der Waals surface area contributed by atoms with E-state index in [2.05, 4.69) is 30.0 Å². The first-order chi connectivity index (χ1) is 10.2. The van der Waals surface area contributed by atoms with Gasteiger partial charge in [-0.2, -0.15) is 0 Å². The van der Waals surface area contributed by atoms with Crippen molar-refractivity contribution in [2.24, 2.45) is 17.6 Å². The minimum atomic E-state index is 0.413. The van der Waals surface area contributed by atoms with Crippen molar-refractivity contribution >= 4 is 11.0 Å². The maximum Gasteiger partial charge on any atom is 0.134 e. The predicted molar refractivity (Wildman–Crippen MR) is 85.0 cm³/mol. The summed E-state index contributed by atoms with van der Waals surface area (Å²) in [5.74, 6) is 2.58. The first-order valence-corrected chi connectivity index (χ1v) is 8.17. The van der Waals surface area contributed by atoms with Crippen molar-refractivity contribution in [2.75, 3.05) is 13.1 Å². The van der Waals surface area contributed by atoms with Crippen molar-refractivity contribution in [1.29, 1.82) is 0 Å². The van der Waals surface area contributed by atoms with Crippen LogP contribution >= 0.6 is 0 Å². The minimum Gasteiger partial charge on any atom is -0.461 e. The normalized spacial score (nSPS) is 29.9. The molecule has 21 heavy (non-hydrogen) atoms. The molecule has 1 aliphatic heterocycles. The topological polar surface area (TPSA) is 42.4 Å². The Balaban J connectivity index is 1.57. The van der Waals surface area contributed by atoms with E-state index in [-0.39, 0.29) is 0 Å². The Bertz CT molecular complexity index is 648. The van der Waals surface area contributed by atoms with Crippen LogP contribution in [0.1, 0.15) is 30.6 Å². The number of aryl methyl sites for hydroxylation is 1. The average molecular weight is 284 g/mol. The number of furan rings is 1. The second kappa shape index (κ2) is 5.15. The lowest BCUT2D eigenvalue weighted by Gasteiger charge is -2.29. The molecule has 0 amide bonds. The van der Waals surface area contributed by atoms with Gasteiger partial charge in [0.1, 0.15) is 11.3 Å². The number of likely N-dealkylation sites (tertiary alicyclic amines) is 1. The van der Waals surface area contributed by atoms with E-state index >= 15 is 0 Å². The van der Waals surface area contributed by atoms with Gasteiger partial charge in [0.2, 0.25) is 0 Å². The molecule has 3 nitrogen and oxygen atoms in total. The summed E-state index contributed by atoms with van der Waals surface area (Å²) in [4.78, 5) is 2.59. The van der Waals surface area contributed by atoms with Gasteiger partial charge in [0.25, 0.3) is 0 Å². The Hall–Kier alpha value is -1.32. The van der Waals surface area contributed by atoms with Crippen LogP contribution in [0.15, 0.2) is 28.7 Å². The molecule has 1 aromatic heterocycles. The van der Waals surface area contributed by atoms with Crippen LogP contribution in [0.4, 0.5) is 0 Å². The van der Waals surface area contributed by atoms with Crippen LogP contribution in [-0.2, 0) is 6.54 Å². The molecule has 3 unspecified atom stereocenters. The molecule has 2 fully saturated rings. The average Bonchev–Trinajstić information content (AvgIpc) is 3.02. The van der Waals surface area contributed by atoms with Crippen LogP contribution in [-0.4, -0.2) is 24.0 Å². The maximum absolute atomic E-state index is 6.33. The fraction of sp³-hybridized carbons (Fsp3) is 0.556. The molecule has 112 valence electrons. The predicted octanol–water partition coefficient (Wildman–Crippen LogP) is 3.30. The fourth-order valence-corrected chi connectivity index (χ4v) is 4.38. The molecule has 2 aromatic rings. The van der Waals surface area contributed by atoms with Crippen LogP contribution in [0.3, 0.4) is 0 Å². The monoisotopic (exact) mass is 284 g/mol. The molecule has 4 rings (SSSR count). The summed E-state index contributed by atoms with van der Waals surface area (Å²) in [7, 11) is 0. The quantitative estimate of drug-likeness (QED) is 0.920. The van der Waals surface area contributed by atoms with E-state index in [0.717, 1.165) is 30.4 Å².